The molecule has 0 aromatic heterocycles. The Bertz CT molecular complexity index is 109. The van der Waals surface area contributed by atoms with Gasteiger partial charge < -0.3 is 19.5 Å². The van der Waals surface area contributed by atoms with Gasteiger partial charge in [0.25, 0.3) is 0 Å². The van der Waals surface area contributed by atoms with E-state index in [2.05, 4.69) is 12.2 Å². The molecular formula is C12H27NO3. The van der Waals surface area contributed by atoms with Crippen molar-refractivity contribution >= 4 is 0 Å². The molecule has 4 nitrogen and oxygen atoms in total. The van der Waals surface area contributed by atoms with E-state index in [1.54, 1.807) is 0 Å². The average Bonchev–Trinajstić information content (AvgIpc) is 2.31. The van der Waals surface area contributed by atoms with E-state index in [0.29, 0.717) is 26.4 Å². The fraction of sp³-hybridized carbons (Fsp3) is 1.00. The molecule has 0 rings (SSSR count). The Morgan fingerprint density at radius 2 is 1.38 bits per heavy atom. The molecular weight excluding hydrogens is 206 g/mol. The van der Waals surface area contributed by atoms with Crippen LogP contribution in [0.25, 0.3) is 0 Å². The highest BCUT2D eigenvalue weighted by atomic mass is 16.5. The second-order valence-corrected chi connectivity index (χ2v) is 3.53. The lowest BCUT2D eigenvalue weighted by Crippen LogP contribution is -2.21. The molecule has 0 atom stereocenters. The summed E-state index contributed by atoms with van der Waals surface area (Å²) in [6, 6.07) is 0. The van der Waals surface area contributed by atoms with Gasteiger partial charge in [-0.15, -0.1) is 0 Å². The summed E-state index contributed by atoms with van der Waals surface area (Å²) < 4.78 is 15.8. The first-order valence-electron chi connectivity index (χ1n) is 6.35. The van der Waals surface area contributed by atoms with Crippen LogP contribution in [0.3, 0.4) is 0 Å². The number of hydrogen-bond acceptors (Lipinski definition) is 4. The lowest BCUT2D eigenvalue weighted by molar-refractivity contribution is 0.0176. The van der Waals surface area contributed by atoms with Crippen molar-refractivity contribution in [2.45, 2.75) is 26.7 Å². The molecule has 0 aliphatic rings. The van der Waals surface area contributed by atoms with Crippen LogP contribution in [0.15, 0.2) is 0 Å². The minimum absolute atomic E-state index is 0.655. The Morgan fingerprint density at radius 1 is 0.750 bits per heavy atom. The first kappa shape index (κ1) is 15.8. The largest absolute Gasteiger partial charge is 0.379 e. The Balaban J connectivity index is 2.83. The van der Waals surface area contributed by atoms with Crippen LogP contribution in [0.1, 0.15) is 26.7 Å². The van der Waals surface area contributed by atoms with Crippen LogP contribution in [-0.2, 0) is 14.2 Å². The summed E-state index contributed by atoms with van der Waals surface area (Å²) in [6.07, 6.45) is 2.47. The number of nitrogens with one attached hydrogen (secondary N) is 1. The molecule has 0 spiro atoms. The van der Waals surface area contributed by atoms with E-state index in [9.17, 15) is 0 Å². The zero-order valence-electron chi connectivity index (χ0n) is 10.8. The Kier molecular flexibility index (Phi) is 14.7. The van der Waals surface area contributed by atoms with Crippen LogP contribution in [0, 0.1) is 0 Å². The molecule has 98 valence electrons. The highest BCUT2D eigenvalue weighted by molar-refractivity contribution is 4.45. The van der Waals surface area contributed by atoms with Crippen LogP contribution < -0.4 is 5.32 Å². The van der Waals surface area contributed by atoms with E-state index in [1.165, 1.54) is 12.8 Å². The molecule has 0 unspecified atom stereocenters. The van der Waals surface area contributed by atoms with Crippen molar-refractivity contribution in [3.05, 3.63) is 0 Å². The van der Waals surface area contributed by atoms with Crippen LogP contribution in [0.4, 0.5) is 0 Å². The number of hydrogen-bond donors (Lipinski definition) is 1. The molecule has 0 aromatic rings. The standard InChI is InChI=1S/C12H27NO3/c1-3-5-6-13-7-8-15-11-12-16-10-9-14-4-2/h13H,3-12H2,1-2H3. The molecule has 0 amide bonds. The summed E-state index contributed by atoms with van der Waals surface area (Å²) in [5, 5.41) is 3.32. The van der Waals surface area contributed by atoms with E-state index >= 15 is 0 Å². The highest BCUT2D eigenvalue weighted by Crippen LogP contribution is 1.83. The van der Waals surface area contributed by atoms with Crippen molar-refractivity contribution in [1.82, 2.24) is 5.32 Å². The topological polar surface area (TPSA) is 39.7 Å². The van der Waals surface area contributed by atoms with E-state index in [-0.39, 0.29) is 0 Å². The molecule has 0 heterocycles. The maximum Gasteiger partial charge on any atom is 0.0701 e. The molecule has 0 saturated heterocycles. The normalized spacial score (nSPS) is 10.9. The number of ether oxygens (including phenoxy) is 3. The molecule has 0 saturated carbocycles. The van der Waals surface area contributed by atoms with Crippen LogP contribution in [0.2, 0.25) is 0 Å². The van der Waals surface area contributed by atoms with Crippen LogP contribution in [-0.4, -0.2) is 52.7 Å². The Morgan fingerprint density at radius 3 is 2.00 bits per heavy atom. The lowest BCUT2D eigenvalue weighted by Gasteiger charge is -2.06. The molecule has 0 fully saturated rings. The third-order valence-corrected chi connectivity index (χ3v) is 2.08. The van der Waals surface area contributed by atoms with Crippen molar-refractivity contribution in [2.75, 3.05) is 52.7 Å². The van der Waals surface area contributed by atoms with Gasteiger partial charge in [-0.3, -0.25) is 0 Å². The quantitative estimate of drug-likeness (QED) is 0.489. The summed E-state index contributed by atoms with van der Waals surface area (Å²) >= 11 is 0. The van der Waals surface area contributed by atoms with Gasteiger partial charge in [-0.05, 0) is 19.9 Å². The van der Waals surface area contributed by atoms with Gasteiger partial charge in [0, 0.05) is 13.2 Å². The van der Waals surface area contributed by atoms with Crippen molar-refractivity contribution in [1.29, 1.82) is 0 Å². The first-order valence-corrected chi connectivity index (χ1v) is 6.35. The summed E-state index contributed by atoms with van der Waals surface area (Å²) in [6.45, 7) is 10.4. The van der Waals surface area contributed by atoms with Gasteiger partial charge in [0.1, 0.15) is 0 Å². The maximum atomic E-state index is 5.39. The predicted octanol–water partition coefficient (Wildman–Crippen LogP) is 1.45. The highest BCUT2D eigenvalue weighted by Gasteiger charge is 1.90. The third kappa shape index (κ3) is 13.8. The van der Waals surface area contributed by atoms with Gasteiger partial charge in [-0.1, -0.05) is 13.3 Å². The minimum atomic E-state index is 0.655. The molecule has 0 aliphatic heterocycles. The van der Waals surface area contributed by atoms with E-state index in [0.717, 1.165) is 26.3 Å². The third-order valence-electron chi connectivity index (χ3n) is 2.08. The van der Waals surface area contributed by atoms with Crippen molar-refractivity contribution in [2.24, 2.45) is 0 Å². The summed E-state index contributed by atoms with van der Waals surface area (Å²) in [7, 11) is 0. The molecule has 1 N–H and O–H groups in total. The van der Waals surface area contributed by atoms with Gasteiger partial charge in [0.15, 0.2) is 0 Å². The summed E-state index contributed by atoms with van der Waals surface area (Å²) in [5.41, 5.74) is 0. The maximum absolute atomic E-state index is 5.39. The fourth-order valence-electron chi connectivity index (χ4n) is 1.16. The summed E-state index contributed by atoms with van der Waals surface area (Å²) in [5.74, 6) is 0. The number of unbranched alkanes of at least 4 members (excludes halogenated alkanes) is 1. The monoisotopic (exact) mass is 233 g/mol. The van der Waals surface area contributed by atoms with Crippen molar-refractivity contribution in [3.63, 3.8) is 0 Å². The van der Waals surface area contributed by atoms with Gasteiger partial charge in [0.05, 0.1) is 33.0 Å². The molecule has 0 aromatic carbocycles. The smallest absolute Gasteiger partial charge is 0.0701 e. The lowest BCUT2D eigenvalue weighted by atomic mass is 10.3. The van der Waals surface area contributed by atoms with E-state index in [1.807, 2.05) is 6.92 Å². The Labute approximate surface area is 99.6 Å². The average molecular weight is 233 g/mol. The molecule has 16 heavy (non-hydrogen) atoms. The Hall–Kier alpha value is -0.160. The van der Waals surface area contributed by atoms with E-state index < -0.39 is 0 Å². The predicted molar refractivity (Wildman–Crippen MR) is 65.9 cm³/mol. The zero-order valence-corrected chi connectivity index (χ0v) is 10.8. The number of rotatable bonds is 13. The van der Waals surface area contributed by atoms with Gasteiger partial charge in [0.2, 0.25) is 0 Å². The SMILES string of the molecule is CCCCNCCOCCOCCOCC. The van der Waals surface area contributed by atoms with Gasteiger partial charge in [-0.25, -0.2) is 0 Å². The second-order valence-electron chi connectivity index (χ2n) is 3.53. The fourth-order valence-corrected chi connectivity index (χ4v) is 1.16. The van der Waals surface area contributed by atoms with Crippen LogP contribution >= 0.6 is 0 Å². The molecule has 0 bridgehead atoms. The summed E-state index contributed by atoms with van der Waals surface area (Å²) in [4.78, 5) is 0. The van der Waals surface area contributed by atoms with E-state index in [4.69, 9.17) is 14.2 Å². The van der Waals surface area contributed by atoms with Gasteiger partial charge in [-0.2, -0.15) is 0 Å². The second kappa shape index (κ2) is 14.8. The van der Waals surface area contributed by atoms with Crippen molar-refractivity contribution < 1.29 is 14.2 Å². The first-order chi connectivity index (χ1) is 7.91. The molecule has 0 radical (unpaired) electrons. The minimum Gasteiger partial charge on any atom is -0.379 e. The van der Waals surface area contributed by atoms with Crippen LogP contribution in [0.5, 0.6) is 0 Å². The molecule has 0 aliphatic carbocycles. The molecule has 4 heteroatoms. The zero-order chi connectivity index (χ0) is 11.9. The van der Waals surface area contributed by atoms with Crippen molar-refractivity contribution in [3.8, 4) is 0 Å². The van der Waals surface area contributed by atoms with Gasteiger partial charge >= 0.3 is 0 Å².